The predicted molar refractivity (Wildman–Crippen MR) is 67.7 cm³/mol. The maximum atomic E-state index is 12.5. The van der Waals surface area contributed by atoms with Crippen LogP contribution in [-0.2, 0) is 6.18 Å². The standard InChI is InChI=1S/C13H17F3N2O/c14-13(15,16)8-5-6-10(9(17)7-8)18-11-3-1-2-4-12(11)19/h5-7,11-12,18-19H,1-4,17H2. The van der Waals surface area contributed by atoms with Crippen LogP contribution < -0.4 is 11.1 Å². The van der Waals surface area contributed by atoms with Crippen LogP contribution >= 0.6 is 0 Å². The highest BCUT2D eigenvalue weighted by molar-refractivity contribution is 5.67. The summed E-state index contributed by atoms with van der Waals surface area (Å²) in [6, 6.07) is 3.08. The van der Waals surface area contributed by atoms with Crippen molar-refractivity contribution in [3.05, 3.63) is 23.8 Å². The van der Waals surface area contributed by atoms with Gasteiger partial charge in [-0.2, -0.15) is 13.2 Å². The van der Waals surface area contributed by atoms with Crippen molar-refractivity contribution in [1.82, 2.24) is 0 Å². The lowest BCUT2D eigenvalue weighted by molar-refractivity contribution is -0.137. The minimum atomic E-state index is -4.39. The second-order valence-corrected chi connectivity index (χ2v) is 4.90. The molecule has 0 saturated heterocycles. The Morgan fingerprint density at radius 3 is 2.47 bits per heavy atom. The summed E-state index contributed by atoms with van der Waals surface area (Å²) in [7, 11) is 0. The highest BCUT2D eigenvalue weighted by Gasteiger charge is 2.31. The van der Waals surface area contributed by atoms with Crippen LogP contribution in [0.3, 0.4) is 0 Å². The minimum absolute atomic E-state index is 0.0487. The van der Waals surface area contributed by atoms with Crippen molar-refractivity contribution in [2.45, 2.75) is 44.0 Å². The van der Waals surface area contributed by atoms with Crippen molar-refractivity contribution in [3.8, 4) is 0 Å². The molecule has 2 unspecified atom stereocenters. The maximum absolute atomic E-state index is 12.5. The summed E-state index contributed by atoms with van der Waals surface area (Å²) in [6.45, 7) is 0. The highest BCUT2D eigenvalue weighted by atomic mass is 19.4. The first-order valence-electron chi connectivity index (χ1n) is 6.29. The van der Waals surface area contributed by atoms with E-state index in [-0.39, 0.29) is 11.7 Å². The van der Waals surface area contributed by atoms with Crippen LogP contribution in [0.4, 0.5) is 24.5 Å². The Kier molecular flexibility index (Phi) is 3.89. The fraction of sp³-hybridized carbons (Fsp3) is 0.538. The Labute approximate surface area is 109 Å². The Morgan fingerprint density at radius 2 is 1.89 bits per heavy atom. The van der Waals surface area contributed by atoms with Crippen molar-refractivity contribution >= 4 is 11.4 Å². The monoisotopic (exact) mass is 274 g/mol. The summed E-state index contributed by atoms with van der Waals surface area (Å²) in [5, 5.41) is 12.9. The number of hydrogen-bond acceptors (Lipinski definition) is 3. The summed E-state index contributed by atoms with van der Waals surface area (Å²) in [5.74, 6) is 0. The Balaban J connectivity index is 2.13. The number of nitrogen functional groups attached to an aromatic ring is 1. The molecule has 0 heterocycles. The molecule has 1 fully saturated rings. The molecule has 0 spiro atoms. The molecule has 2 rings (SSSR count). The summed E-state index contributed by atoms with van der Waals surface area (Å²) in [6.07, 6.45) is -1.40. The Morgan fingerprint density at radius 1 is 1.21 bits per heavy atom. The van der Waals surface area contributed by atoms with Gasteiger partial charge in [-0.3, -0.25) is 0 Å². The zero-order valence-electron chi connectivity index (χ0n) is 10.4. The van der Waals surface area contributed by atoms with Gasteiger partial charge in [0.2, 0.25) is 0 Å². The smallest absolute Gasteiger partial charge is 0.397 e. The van der Waals surface area contributed by atoms with Gasteiger partial charge in [0, 0.05) is 0 Å². The van der Waals surface area contributed by atoms with E-state index in [2.05, 4.69) is 5.32 Å². The molecule has 0 radical (unpaired) electrons. The van der Waals surface area contributed by atoms with Crippen LogP contribution in [0.1, 0.15) is 31.2 Å². The second kappa shape index (κ2) is 5.28. The predicted octanol–water partition coefficient (Wildman–Crippen LogP) is 3.00. The summed E-state index contributed by atoms with van der Waals surface area (Å²) >= 11 is 0. The van der Waals surface area contributed by atoms with E-state index < -0.39 is 17.8 Å². The normalized spacial score (nSPS) is 24.2. The topological polar surface area (TPSA) is 58.3 Å². The molecule has 6 heteroatoms. The van der Waals surface area contributed by atoms with Crippen molar-refractivity contribution in [2.75, 3.05) is 11.1 Å². The third-order valence-electron chi connectivity index (χ3n) is 3.45. The quantitative estimate of drug-likeness (QED) is 0.727. The van der Waals surface area contributed by atoms with Crippen molar-refractivity contribution in [1.29, 1.82) is 0 Å². The van der Waals surface area contributed by atoms with Crippen molar-refractivity contribution < 1.29 is 18.3 Å². The van der Waals surface area contributed by atoms with Gasteiger partial charge in [0.25, 0.3) is 0 Å². The van der Waals surface area contributed by atoms with Gasteiger partial charge in [-0.05, 0) is 31.0 Å². The van der Waals surface area contributed by atoms with Gasteiger partial charge in [0.05, 0.1) is 29.1 Å². The number of alkyl halides is 3. The van der Waals surface area contributed by atoms with Gasteiger partial charge >= 0.3 is 6.18 Å². The lowest BCUT2D eigenvalue weighted by Gasteiger charge is -2.29. The lowest BCUT2D eigenvalue weighted by Crippen LogP contribution is -2.36. The molecule has 106 valence electrons. The van der Waals surface area contributed by atoms with Crippen molar-refractivity contribution in [3.63, 3.8) is 0 Å². The Hall–Kier alpha value is -1.43. The molecule has 0 aliphatic heterocycles. The molecule has 1 aromatic carbocycles. The fourth-order valence-corrected chi connectivity index (χ4v) is 2.35. The van der Waals surface area contributed by atoms with Gasteiger partial charge in [0.15, 0.2) is 0 Å². The van der Waals surface area contributed by atoms with Crippen LogP contribution in [0.5, 0.6) is 0 Å². The molecule has 1 aliphatic rings. The molecular formula is C13H17F3N2O. The first kappa shape index (κ1) is 14.0. The lowest BCUT2D eigenvalue weighted by atomic mass is 9.92. The number of nitrogens with two attached hydrogens (primary N) is 1. The third-order valence-corrected chi connectivity index (χ3v) is 3.45. The van der Waals surface area contributed by atoms with Gasteiger partial charge in [-0.15, -0.1) is 0 Å². The fourth-order valence-electron chi connectivity index (χ4n) is 2.35. The van der Waals surface area contributed by atoms with Crippen molar-refractivity contribution in [2.24, 2.45) is 0 Å². The molecular weight excluding hydrogens is 257 g/mol. The highest BCUT2D eigenvalue weighted by Crippen LogP contribution is 2.33. The molecule has 1 aromatic rings. The van der Waals surface area contributed by atoms with E-state index in [0.717, 1.165) is 31.4 Å². The zero-order chi connectivity index (χ0) is 14.0. The van der Waals surface area contributed by atoms with E-state index in [1.54, 1.807) is 0 Å². The molecule has 0 amide bonds. The van der Waals surface area contributed by atoms with Crippen LogP contribution in [0, 0.1) is 0 Å². The van der Waals surface area contributed by atoms with Gasteiger partial charge in [-0.25, -0.2) is 0 Å². The molecule has 2 atom stereocenters. The number of nitrogens with one attached hydrogen (secondary N) is 1. The molecule has 0 bridgehead atoms. The van der Waals surface area contributed by atoms with E-state index in [1.807, 2.05) is 0 Å². The molecule has 4 N–H and O–H groups in total. The van der Waals surface area contributed by atoms with E-state index in [4.69, 9.17) is 5.73 Å². The third kappa shape index (κ3) is 3.32. The van der Waals surface area contributed by atoms with Crippen LogP contribution in [0.25, 0.3) is 0 Å². The number of anilines is 2. The summed E-state index contributed by atoms with van der Waals surface area (Å²) < 4.78 is 37.5. The Bertz CT molecular complexity index is 448. The molecule has 19 heavy (non-hydrogen) atoms. The SMILES string of the molecule is Nc1cc(C(F)(F)F)ccc1NC1CCCCC1O. The zero-order valence-corrected chi connectivity index (χ0v) is 10.4. The number of benzene rings is 1. The number of aliphatic hydroxyl groups is 1. The first-order chi connectivity index (χ1) is 8.88. The average Bonchev–Trinajstić information content (AvgIpc) is 2.33. The molecule has 3 nitrogen and oxygen atoms in total. The number of hydrogen-bond donors (Lipinski definition) is 3. The summed E-state index contributed by atoms with van der Waals surface area (Å²) in [4.78, 5) is 0. The number of rotatable bonds is 2. The van der Waals surface area contributed by atoms with Crippen LogP contribution in [-0.4, -0.2) is 17.3 Å². The molecule has 1 aliphatic carbocycles. The maximum Gasteiger partial charge on any atom is 0.416 e. The van der Waals surface area contributed by atoms with Gasteiger partial charge in [0.1, 0.15) is 0 Å². The minimum Gasteiger partial charge on any atom is -0.397 e. The van der Waals surface area contributed by atoms with E-state index in [0.29, 0.717) is 12.1 Å². The van der Waals surface area contributed by atoms with E-state index in [1.165, 1.54) is 6.07 Å². The average molecular weight is 274 g/mol. The van der Waals surface area contributed by atoms with Crippen LogP contribution in [0.15, 0.2) is 18.2 Å². The number of halogens is 3. The van der Waals surface area contributed by atoms with E-state index in [9.17, 15) is 18.3 Å². The van der Waals surface area contributed by atoms with E-state index >= 15 is 0 Å². The second-order valence-electron chi connectivity index (χ2n) is 4.90. The molecule has 0 aromatic heterocycles. The molecule has 1 saturated carbocycles. The van der Waals surface area contributed by atoms with Gasteiger partial charge in [-0.1, -0.05) is 12.8 Å². The largest absolute Gasteiger partial charge is 0.416 e. The summed E-state index contributed by atoms with van der Waals surface area (Å²) in [5.41, 5.74) is 5.36. The number of aliphatic hydroxyl groups excluding tert-OH is 1. The van der Waals surface area contributed by atoms with Gasteiger partial charge < -0.3 is 16.2 Å². The van der Waals surface area contributed by atoms with Crippen LogP contribution in [0.2, 0.25) is 0 Å². The first-order valence-corrected chi connectivity index (χ1v) is 6.29.